The Morgan fingerprint density at radius 2 is 1.50 bits per heavy atom. The van der Waals surface area contributed by atoms with Crippen LogP contribution in [0.3, 0.4) is 0 Å². The first-order valence-electron chi connectivity index (χ1n) is 12.2. The van der Waals surface area contributed by atoms with Gasteiger partial charge in [0.2, 0.25) is 5.95 Å². The van der Waals surface area contributed by atoms with Crippen molar-refractivity contribution in [2.45, 2.75) is 57.0 Å². The number of benzene rings is 2. The van der Waals surface area contributed by atoms with E-state index in [-0.39, 0.29) is 0 Å². The molecule has 5 nitrogen and oxygen atoms in total. The molecule has 2 aromatic carbocycles. The zero-order chi connectivity index (χ0) is 21.9. The number of nitrogens with zero attached hydrogens (tertiary/aromatic N) is 3. The van der Waals surface area contributed by atoms with Crippen LogP contribution in [-0.4, -0.2) is 42.7 Å². The minimum atomic E-state index is 0.452. The molecular formula is C27H35N5. The molecule has 5 heteroatoms. The summed E-state index contributed by atoms with van der Waals surface area (Å²) in [5, 5.41) is 8.56. The molecule has 2 aliphatic carbocycles. The van der Waals surface area contributed by atoms with E-state index in [0.29, 0.717) is 12.1 Å². The summed E-state index contributed by atoms with van der Waals surface area (Å²) in [5.74, 6) is 2.54. The average Bonchev–Trinajstić information content (AvgIpc) is 3.22. The van der Waals surface area contributed by atoms with Crippen molar-refractivity contribution in [3.05, 3.63) is 59.7 Å². The second-order valence-corrected chi connectivity index (χ2v) is 9.76. The zero-order valence-electron chi connectivity index (χ0n) is 19.3. The van der Waals surface area contributed by atoms with Crippen molar-refractivity contribution in [1.82, 2.24) is 15.3 Å². The van der Waals surface area contributed by atoms with E-state index in [2.05, 4.69) is 51.9 Å². The van der Waals surface area contributed by atoms with Gasteiger partial charge in [-0.05, 0) is 80.7 Å². The van der Waals surface area contributed by atoms with Crippen molar-refractivity contribution in [3.63, 3.8) is 0 Å². The van der Waals surface area contributed by atoms with Crippen LogP contribution < -0.4 is 15.5 Å². The first-order chi connectivity index (χ1) is 15.7. The molecular weight excluding hydrogens is 394 g/mol. The molecule has 1 aromatic heterocycles. The number of anilines is 2. The van der Waals surface area contributed by atoms with Crippen molar-refractivity contribution in [1.29, 1.82) is 0 Å². The molecule has 2 aliphatic rings. The van der Waals surface area contributed by atoms with Crippen LogP contribution >= 0.6 is 0 Å². The molecule has 5 rings (SSSR count). The largest absolute Gasteiger partial charge is 0.362 e. The molecule has 1 fully saturated rings. The van der Waals surface area contributed by atoms with E-state index >= 15 is 0 Å². The highest BCUT2D eigenvalue weighted by Crippen LogP contribution is 2.29. The Morgan fingerprint density at radius 1 is 0.844 bits per heavy atom. The molecule has 3 aromatic rings. The number of para-hydroxylation sites is 1. The Labute approximate surface area is 191 Å². The van der Waals surface area contributed by atoms with Gasteiger partial charge in [0.25, 0.3) is 0 Å². The van der Waals surface area contributed by atoms with E-state index in [1.165, 1.54) is 44.9 Å². The lowest BCUT2D eigenvalue weighted by atomic mass is 9.91. The quantitative estimate of drug-likeness (QED) is 0.564. The molecule has 32 heavy (non-hydrogen) atoms. The van der Waals surface area contributed by atoms with E-state index in [4.69, 9.17) is 9.97 Å². The van der Waals surface area contributed by atoms with Crippen molar-refractivity contribution < 1.29 is 0 Å². The fourth-order valence-corrected chi connectivity index (χ4v) is 5.44. The number of nitrogens with one attached hydrogen (secondary N) is 2. The maximum atomic E-state index is 4.81. The normalized spacial score (nSPS) is 20.9. The van der Waals surface area contributed by atoms with Crippen LogP contribution in [0, 0.1) is 5.92 Å². The summed E-state index contributed by atoms with van der Waals surface area (Å²) in [4.78, 5) is 11.7. The van der Waals surface area contributed by atoms with E-state index in [1.54, 1.807) is 11.1 Å². The molecule has 2 N–H and O–H groups in total. The van der Waals surface area contributed by atoms with Crippen LogP contribution in [0.25, 0.3) is 10.9 Å². The van der Waals surface area contributed by atoms with Gasteiger partial charge in [0, 0.05) is 31.6 Å². The number of hydrogen-bond donors (Lipinski definition) is 2. The Bertz CT molecular complexity index is 1030. The molecule has 1 saturated carbocycles. The van der Waals surface area contributed by atoms with Crippen LogP contribution in [0.4, 0.5) is 11.8 Å². The molecule has 0 aliphatic heterocycles. The van der Waals surface area contributed by atoms with Gasteiger partial charge in [-0.3, -0.25) is 0 Å². The second kappa shape index (κ2) is 9.45. The minimum absolute atomic E-state index is 0.452. The highest BCUT2D eigenvalue weighted by atomic mass is 15.2. The van der Waals surface area contributed by atoms with Crippen LogP contribution in [-0.2, 0) is 12.8 Å². The lowest BCUT2D eigenvalue weighted by molar-refractivity contribution is 0.342. The van der Waals surface area contributed by atoms with Crippen LogP contribution in [0.15, 0.2) is 48.5 Å². The number of rotatable bonds is 7. The Hall–Kier alpha value is -2.66. The fraction of sp³-hybridized carbons (Fsp3) is 0.481. The van der Waals surface area contributed by atoms with Gasteiger partial charge in [-0.15, -0.1) is 0 Å². The SMILES string of the molecule is CN(C)c1nc(N[C@H]2CC[C@@H](NCCC3Cc4ccccc4C3)CC2)nc2ccccc12. The molecule has 0 atom stereocenters. The summed E-state index contributed by atoms with van der Waals surface area (Å²) in [6.45, 7) is 1.14. The van der Waals surface area contributed by atoms with E-state index in [0.717, 1.165) is 35.1 Å². The minimum Gasteiger partial charge on any atom is -0.362 e. The second-order valence-electron chi connectivity index (χ2n) is 9.76. The third-order valence-corrected chi connectivity index (χ3v) is 7.19. The smallest absolute Gasteiger partial charge is 0.225 e. The summed E-state index contributed by atoms with van der Waals surface area (Å²) in [7, 11) is 4.08. The van der Waals surface area contributed by atoms with Gasteiger partial charge in [-0.2, -0.15) is 4.98 Å². The lowest BCUT2D eigenvalue weighted by Gasteiger charge is -2.30. The summed E-state index contributed by atoms with van der Waals surface area (Å²) >= 11 is 0. The number of hydrogen-bond acceptors (Lipinski definition) is 5. The molecule has 1 heterocycles. The fourth-order valence-electron chi connectivity index (χ4n) is 5.44. The predicted molar refractivity (Wildman–Crippen MR) is 133 cm³/mol. The van der Waals surface area contributed by atoms with E-state index < -0.39 is 0 Å². The molecule has 0 spiro atoms. The maximum absolute atomic E-state index is 4.81. The first-order valence-corrected chi connectivity index (χ1v) is 12.2. The van der Waals surface area contributed by atoms with E-state index in [1.807, 2.05) is 26.2 Å². The summed E-state index contributed by atoms with van der Waals surface area (Å²) in [6.07, 6.45) is 8.57. The molecule has 0 amide bonds. The van der Waals surface area contributed by atoms with Crippen molar-refractivity contribution in [3.8, 4) is 0 Å². The maximum Gasteiger partial charge on any atom is 0.225 e. The van der Waals surface area contributed by atoms with Gasteiger partial charge in [0.05, 0.1) is 5.52 Å². The molecule has 168 valence electrons. The summed E-state index contributed by atoms with van der Waals surface area (Å²) in [6, 6.07) is 18.3. The lowest BCUT2D eigenvalue weighted by Crippen LogP contribution is -2.38. The van der Waals surface area contributed by atoms with Crippen molar-refractivity contribution in [2.24, 2.45) is 5.92 Å². The van der Waals surface area contributed by atoms with Crippen LogP contribution in [0.1, 0.15) is 43.2 Å². The number of aromatic nitrogens is 2. The topological polar surface area (TPSA) is 53.1 Å². The van der Waals surface area contributed by atoms with Gasteiger partial charge < -0.3 is 15.5 Å². The van der Waals surface area contributed by atoms with Gasteiger partial charge in [0.15, 0.2) is 0 Å². The predicted octanol–water partition coefficient (Wildman–Crippen LogP) is 4.81. The third-order valence-electron chi connectivity index (χ3n) is 7.19. The Balaban J connectivity index is 1.09. The van der Waals surface area contributed by atoms with E-state index in [9.17, 15) is 0 Å². The number of fused-ring (bicyclic) bond motifs is 2. The Kier molecular flexibility index (Phi) is 6.26. The average molecular weight is 430 g/mol. The molecule has 0 unspecified atom stereocenters. The highest BCUT2D eigenvalue weighted by molar-refractivity contribution is 5.90. The molecule has 0 radical (unpaired) electrons. The van der Waals surface area contributed by atoms with Crippen LogP contribution in [0.2, 0.25) is 0 Å². The highest BCUT2D eigenvalue weighted by Gasteiger charge is 2.24. The first kappa shape index (κ1) is 21.2. The van der Waals surface area contributed by atoms with Gasteiger partial charge in [-0.25, -0.2) is 4.98 Å². The summed E-state index contributed by atoms with van der Waals surface area (Å²) < 4.78 is 0. The van der Waals surface area contributed by atoms with Gasteiger partial charge in [0.1, 0.15) is 5.82 Å². The standard InChI is InChI=1S/C27H35N5/c1-32(2)26-24-9-5-6-10-25(24)30-27(31-26)29-23-13-11-22(12-14-23)28-16-15-19-17-20-7-3-4-8-21(20)18-19/h3-10,19,22-23,28H,11-18H2,1-2H3,(H,29,30,31)/t22-,23+. The zero-order valence-corrected chi connectivity index (χ0v) is 19.3. The van der Waals surface area contributed by atoms with Gasteiger partial charge >= 0.3 is 0 Å². The Morgan fingerprint density at radius 3 is 2.22 bits per heavy atom. The monoisotopic (exact) mass is 429 g/mol. The molecule has 0 bridgehead atoms. The van der Waals surface area contributed by atoms with Crippen molar-refractivity contribution in [2.75, 3.05) is 30.9 Å². The molecule has 0 saturated heterocycles. The van der Waals surface area contributed by atoms with Crippen LogP contribution in [0.5, 0.6) is 0 Å². The summed E-state index contributed by atoms with van der Waals surface area (Å²) in [5.41, 5.74) is 4.13. The third kappa shape index (κ3) is 4.73. The van der Waals surface area contributed by atoms with Gasteiger partial charge in [-0.1, -0.05) is 36.4 Å². The van der Waals surface area contributed by atoms with Crippen molar-refractivity contribution >= 4 is 22.7 Å².